The molecule has 4 heteroatoms. The molecule has 3 aliphatic rings. The maximum Gasteiger partial charge on any atom is 0.0739 e. The van der Waals surface area contributed by atoms with Gasteiger partial charge in [-0.1, -0.05) is 0 Å². The predicted octanol–water partition coefficient (Wildman–Crippen LogP) is 0.389. The zero-order valence-electron chi connectivity index (χ0n) is 9.68. The van der Waals surface area contributed by atoms with Gasteiger partial charge in [0.1, 0.15) is 0 Å². The van der Waals surface area contributed by atoms with Gasteiger partial charge in [-0.05, 0) is 25.7 Å². The number of hydrogen-bond acceptors (Lipinski definition) is 4. The summed E-state index contributed by atoms with van der Waals surface area (Å²) in [4.78, 5) is 2.45. The maximum atomic E-state index is 10.1. The molecule has 16 heavy (non-hydrogen) atoms. The summed E-state index contributed by atoms with van der Waals surface area (Å²) in [5.41, 5.74) is 0. The molecule has 3 rings (SSSR count). The summed E-state index contributed by atoms with van der Waals surface area (Å²) in [7, 11) is 0. The van der Waals surface area contributed by atoms with Gasteiger partial charge in [-0.2, -0.15) is 0 Å². The number of ether oxygens (including phenoxy) is 2. The molecule has 0 aromatic rings. The highest BCUT2D eigenvalue weighted by Crippen LogP contribution is 2.32. The van der Waals surface area contributed by atoms with E-state index in [-0.39, 0.29) is 12.1 Å². The molecule has 2 saturated heterocycles. The number of morpholine rings is 1. The van der Waals surface area contributed by atoms with Crippen LogP contribution in [0.5, 0.6) is 0 Å². The van der Waals surface area contributed by atoms with Crippen LogP contribution in [0.1, 0.15) is 25.7 Å². The van der Waals surface area contributed by atoms with E-state index in [0.717, 1.165) is 19.6 Å². The molecule has 0 amide bonds. The van der Waals surface area contributed by atoms with Gasteiger partial charge in [-0.3, -0.25) is 4.90 Å². The van der Waals surface area contributed by atoms with E-state index < -0.39 is 0 Å². The highest BCUT2D eigenvalue weighted by molar-refractivity contribution is 4.95. The summed E-state index contributed by atoms with van der Waals surface area (Å²) >= 11 is 0. The molecule has 2 aliphatic heterocycles. The Balaban J connectivity index is 1.71. The van der Waals surface area contributed by atoms with Gasteiger partial charge in [0, 0.05) is 19.2 Å². The number of aliphatic hydroxyl groups is 1. The van der Waals surface area contributed by atoms with Crippen LogP contribution in [-0.2, 0) is 9.47 Å². The van der Waals surface area contributed by atoms with Gasteiger partial charge < -0.3 is 14.6 Å². The quantitative estimate of drug-likeness (QED) is 0.703. The monoisotopic (exact) mass is 227 g/mol. The van der Waals surface area contributed by atoms with Crippen LogP contribution in [0.4, 0.5) is 0 Å². The fourth-order valence-electron chi connectivity index (χ4n) is 3.40. The SMILES string of the molecule is OC1CCOCC1N1CCOC2CCCC21. The number of hydrogen-bond donors (Lipinski definition) is 1. The summed E-state index contributed by atoms with van der Waals surface area (Å²) in [6.07, 6.45) is 4.63. The van der Waals surface area contributed by atoms with E-state index in [1.165, 1.54) is 19.3 Å². The summed E-state index contributed by atoms with van der Waals surface area (Å²) in [6, 6.07) is 0.721. The lowest BCUT2D eigenvalue weighted by Crippen LogP contribution is -2.59. The molecular weight excluding hydrogens is 206 g/mol. The normalized spacial score (nSPS) is 45.6. The highest BCUT2D eigenvalue weighted by atomic mass is 16.5. The smallest absolute Gasteiger partial charge is 0.0739 e. The maximum absolute atomic E-state index is 10.1. The summed E-state index contributed by atoms with van der Waals surface area (Å²) in [5, 5.41) is 10.1. The Morgan fingerprint density at radius 2 is 2.00 bits per heavy atom. The molecule has 1 saturated carbocycles. The van der Waals surface area contributed by atoms with Crippen LogP contribution in [-0.4, -0.2) is 60.7 Å². The van der Waals surface area contributed by atoms with Gasteiger partial charge in [0.25, 0.3) is 0 Å². The standard InChI is InChI=1S/C12H21NO3/c14-11-4-6-15-8-10(11)13-5-7-16-12-3-1-2-9(12)13/h9-12,14H,1-8H2. The van der Waals surface area contributed by atoms with Gasteiger partial charge in [0.2, 0.25) is 0 Å². The summed E-state index contributed by atoms with van der Waals surface area (Å²) in [5.74, 6) is 0. The van der Waals surface area contributed by atoms with Crippen molar-refractivity contribution in [1.29, 1.82) is 0 Å². The first-order chi connectivity index (χ1) is 7.86. The van der Waals surface area contributed by atoms with Crippen LogP contribution >= 0.6 is 0 Å². The molecule has 0 bridgehead atoms. The molecule has 4 nitrogen and oxygen atoms in total. The van der Waals surface area contributed by atoms with E-state index in [2.05, 4.69) is 4.90 Å². The van der Waals surface area contributed by atoms with Crippen molar-refractivity contribution in [2.24, 2.45) is 0 Å². The Hall–Kier alpha value is -0.160. The average molecular weight is 227 g/mol. The number of aliphatic hydroxyl groups excluding tert-OH is 1. The molecule has 92 valence electrons. The largest absolute Gasteiger partial charge is 0.391 e. The lowest BCUT2D eigenvalue weighted by Gasteiger charge is -2.45. The van der Waals surface area contributed by atoms with Crippen LogP contribution in [0.15, 0.2) is 0 Å². The molecule has 0 spiro atoms. The van der Waals surface area contributed by atoms with Crippen LogP contribution in [0.25, 0.3) is 0 Å². The molecule has 0 radical (unpaired) electrons. The topological polar surface area (TPSA) is 41.9 Å². The van der Waals surface area contributed by atoms with Crippen molar-refractivity contribution in [3.05, 3.63) is 0 Å². The van der Waals surface area contributed by atoms with Crippen molar-refractivity contribution >= 4 is 0 Å². The lowest BCUT2D eigenvalue weighted by molar-refractivity contribution is -0.126. The first kappa shape index (κ1) is 11.0. The summed E-state index contributed by atoms with van der Waals surface area (Å²) in [6.45, 7) is 3.15. The van der Waals surface area contributed by atoms with Crippen LogP contribution in [0.2, 0.25) is 0 Å². The Labute approximate surface area is 96.5 Å². The van der Waals surface area contributed by atoms with E-state index in [0.29, 0.717) is 25.4 Å². The molecule has 1 N–H and O–H groups in total. The third-order valence-electron chi connectivity index (χ3n) is 4.24. The fraction of sp³-hybridized carbons (Fsp3) is 1.00. The highest BCUT2D eigenvalue weighted by Gasteiger charge is 2.41. The minimum absolute atomic E-state index is 0.197. The van der Waals surface area contributed by atoms with Crippen LogP contribution in [0.3, 0.4) is 0 Å². The molecule has 4 unspecified atom stereocenters. The molecule has 3 fully saturated rings. The molecule has 4 atom stereocenters. The lowest BCUT2D eigenvalue weighted by atomic mass is 10.0. The number of nitrogens with zero attached hydrogens (tertiary/aromatic N) is 1. The van der Waals surface area contributed by atoms with E-state index in [9.17, 15) is 5.11 Å². The average Bonchev–Trinajstić information content (AvgIpc) is 2.77. The van der Waals surface area contributed by atoms with Crippen molar-refractivity contribution < 1.29 is 14.6 Å². The first-order valence-corrected chi connectivity index (χ1v) is 6.49. The molecule has 0 aromatic carbocycles. The van der Waals surface area contributed by atoms with E-state index in [1.54, 1.807) is 0 Å². The Morgan fingerprint density at radius 1 is 1.06 bits per heavy atom. The van der Waals surface area contributed by atoms with Crippen molar-refractivity contribution in [3.8, 4) is 0 Å². The minimum atomic E-state index is -0.215. The molecule has 0 aromatic heterocycles. The Kier molecular flexibility index (Phi) is 3.16. The second kappa shape index (κ2) is 4.61. The van der Waals surface area contributed by atoms with Crippen molar-refractivity contribution in [2.45, 2.75) is 50.0 Å². The van der Waals surface area contributed by atoms with Crippen molar-refractivity contribution in [1.82, 2.24) is 4.90 Å². The van der Waals surface area contributed by atoms with Gasteiger partial charge >= 0.3 is 0 Å². The van der Waals surface area contributed by atoms with E-state index >= 15 is 0 Å². The third-order valence-corrected chi connectivity index (χ3v) is 4.24. The zero-order chi connectivity index (χ0) is 11.0. The third kappa shape index (κ3) is 1.88. The van der Waals surface area contributed by atoms with Crippen LogP contribution < -0.4 is 0 Å². The van der Waals surface area contributed by atoms with Crippen molar-refractivity contribution in [3.63, 3.8) is 0 Å². The summed E-state index contributed by atoms with van der Waals surface area (Å²) < 4.78 is 11.3. The second-order valence-corrected chi connectivity index (χ2v) is 5.14. The fourth-order valence-corrected chi connectivity index (χ4v) is 3.40. The first-order valence-electron chi connectivity index (χ1n) is 6.49. The second-order valence-electron chi connectivity index (χ2n) is 5.14. The van der Waals surface area contributed by atoms with Crippen LogP contribution in [0, 0.1) is 0 Å². The molecule has 1 aliphatic carbocycles. The van der Waals surface area contributed by atoms with E-state index in [4.69, 9.17) is 9.47 Å². The van der Waals surface area contributed by atoms with Gasteiger partial charge in [0.15, 0.2) is 0 Å². The van der Waals surface area contributed by atoms with E-state index in [1.807, 2.05) is 0 Å². The predicted molar refractivity (Wildman–Crippen MR) is 59.3 cm³/mol. The molecular formula is C12H21NO3. The van der Waals surface area contributed by atoms with Gasteiger partial charge in [0.05, 0.1) is 31.5 Å². The van der Waals surface area contributed by atoms with Gasteiger partial charge in [-0.25, -0.2) is 0 Å². The van der Waals surface area contributed by atoms with Crippen molar-refractivity contribution in [2.75, 3.05) is 26.4 Å². The number of fused-ring (bicyclic) bond motifs is 1. The number of rotatable bonds is 1. The Morgan fingerprint density at radius 3 is 2.88 bits per heavy atom. The Bertz CT molecular complexity index is 248. The minimum Gasteiger partial charge on any atom is -0.391 e. The molecule has 2 heterocycles. The zero-order valence-corrected chi connectivity index (χ0v) is 9.68. The van der Waals surface area contributed by atoms with Gasteiger partial charge in [-0.15, -0.1) is 0 Å².